The molecular formula is C25H27N5O4. The van der Waals surface area contributed by atoms with Crippen LogP contribution in [0.1, 0.15) is 28.8 Å². The number of aryl methyl sites for hydroxylation is 1. The molecule has 5 atom stereocenters. The van der Waals surface area contributed by atoms with Gasteiger partial charge in [0.2, 0.25) is 0 Å². The molecule has 0 amide bonds. The van der Waals surface area contributed by atoms with Gasteiger partial charge in [-0.3, -0.25) is 4.57 Å². The Bertz CT molecular complexity index is 1260. The van der Waals surface area contributed by atoms with Gasteiger partial charge in [-0.25, -0.2) is 15.0 Å². The number of aliphatic hydroxyl groups excluding tert-OH is 2. The van der Waals surface area contributed by atoms with Gasteiger partial charge in [0, 0.05) is 5.92 Å². The van der Waals surface area contributed by atoms with E-state index in [1.54, 1.807) is 4.57 Å². The molecule has 0 bridgehead atoms. The minimum Gasteiger partial charge on any atom is -0.387 e. The lowest BCUT2D eigenvalue weighted by molar-refractivity contribution is -0.0661. The Morgan fingerprint density at radius 3 is 2.62 bits per heavy atom. The van der Waals surface area contributed by atoms with Crippen LogP contribution in [0, 0.1) is 6.92 Å². The first-order chi connectivity index (χ1) is 16.5. The number of aliphatic hydroxyl groups is 2. The molecule has 3 heterocycles. The van der Waals surface area contributed by atoms with Gasteiger partial charge >= 0.3 is 0 Å². The molecular weight excluding hydrogens is 434 g/mol. The molecule has 34 heavy (non-hydrogen) atoms. The summed E-state index contributed by atoms with van der Waals surface area (Å²) >= 11 is 0. The Labute approximate surface area is 196 Å². The molecule has 176 valence electrons. The van der Waals surface area contributed by atoms with Crippen LogP contribution in [0.5, 0.6) is 0 Å². The molecule has 1 saturated heterocycles. The van der Waals surface area contributed by atoms with Gasteiger partial charge in [0.05, 0.1) is 19.5 Å². The smallest absolute Gasteiger partial charge is 0.167 e. The minimum absolute atomic E-state index is 0.0256. The van der Waals surface area contributed by atoms with E-state index in [-0.39, 0.29) is 18.3 Å². The van der Waals surface area contributed by atoms with Crippen LogP contribution < -0.4 is 5.73 Å². The van der Waals surface area contributed by atoms with Crippen molar-refractivity contribution in [3.63, 3.8) is 0 Å². The zero-order valence-corrected chi connectivity index (χ0v) is 18.7. The predicted octanol–water partition coefficient (Wildman–Crippen LogP) is 2.18. The minimum atomic E-state index is -1.18. The molecule has 0 spiro atoms. The first-order valence-electron chi connectivity index (χ1n) is 11.2. The molecule has 4 N–H and O–H groups in total. The van der Waals surface area contributed by atoms with E-state index in [1.807, 2.05) is 24.3 Å². The fourth-order valence-corrected chi connectivity index (χ4v) is 4.41. The molecule has 1 fully saturated rings. The van der Waals surface area contributed by atoms with Gasteiger partial charge < -0.3 is 25.4 Å². The fourth-order valence-electron chi connectivity index (χ4n) is 4.41. The van der Waals surface area contributed by atoms with E-state index in [4.69, 9.17) is 15.2 Å². The number of nitrogens with two attached hydrogens (primary N) is 1. The van der Waals surface area contributed by atoms with Crippen LogP contribution in [0.15, 0.2) is 67.3 Å². The highest BCUT2D eigenvalue weighted by atomic mass is 16.6. The maximum Gasteiger partial charge on any atom is 0.167 e. The fraction of sp³-hybridized carbons (Fsp3) is 0.320. The van der Waals surface area contributed by atoms with E-state index in [0.29, 0.717) is 17.8 Å². The lowest BCUT2D eigenvalue weighted by Gasteiger charge is -2.21. The zero-order valence-electron chi connectivity index (χ0n) is 18.7. The maximum atomic E-state index is 10.7. The molecule has 1 aliphatic heterocycles. The number of benzene rings is 2. The summed E-state index contributed by atoms with van der Waals surface area (Å²) in [5, 5.41) is 21.3. The largest absolute Gasteiger partial charge is 0.387 e. The molecule has 9 nitrogen and oxygen atoms in total. The average molecular weight is 462 g/mol. The van der Waals surface area contributed by atoms with Crippen molar-refractivity contribution in [3.8, 4) is 0 Å². The predicted molar refractivity (Wildman–Crippen MR) is 126 cm³/mol. The van der Waals surface area contributed by atoms with Crippen LogP contribution in [-0.2, 0) is 9.47 Å². The number of aromatic nitrogens is 4. The van der Waals surface area contributed by atoms with E-state index < -0.39 is 24.5 Å². The summed E-state index contributed by atoms with van der Waals surface area (Å²) in [5.74, 6) is 0.261. The molecule has 2 aromatic heterocycles. The third kappa shape index (κ3) is 4.26. The number of anilines is 1. The van der Waals surface area contributed by atoms with E-state index in [2.05, 4.69) is 52.2 Å². The Morgan fingerprint density at radius 2 is 1.82 bits per heavy atom. The summed E-state index contributed by atoms with van der Waals surface area (Å²) in [6, 6.07) is 18.5. The van der Waals surface area contributed by atoms with Crippen molar-refractivity contribution < 1.29 is 19.7 Å². The second-order valence-corrected chi connectivity index (χ2v) is 8.54. The van der Waals surface area contributed by atoms with Crippen molar-refractivity contribution in [2.75, 3.05) is 18.9 Å². The highest BCUT2D eigenvalue weighted by Gasteiger charge is 2.44. The molecule has 0 aliphatic carbocycles. The number of rotatable bonds is 7. The van der Waals surface area contributed by atoms with Gasteiger partial charge in [-0.2, -0.15) is 0 Å². The van der Waals surface area contributed by atoms with Crippen LogP contribution in [-0.4, -0.2) is 61.3 Å². The van der Waals surface area contributed by atoms with E-state index in [0.717, 1.165) is 11.1 Å². The molecule has 2 aromatic carbocycles. The molecule has 0 radical (unpaired) electrons. The molecule has 9 heteroatoms. The van der Waals surface area contributed by atoms with Gasteiger partial charge in [-0.05, 0) is 18.1 Å². The average Bonchev–Trinajstić information content (AvgIpc) is 3.39. The van der Waals surface area contributed by atoms with Gasteiger partial charge in [-0.15, -0.1) is 0 Å². The Hall–Kier alpha value is -3.37. The Morgan fingerprint density at radius 1 is 1.03 bits per heavy atom. The van der Waals surface area contributed by atoms with Crippen LogP contribution in [0.3, 0.4) is 0 Å². The van der Waals surface area contributed by atoms with Crippen molar-refractivity contribution >= 4 is 17.0 Å². The summed E-state index contributed by atoms with van der Waals surface area (Å²) in [5.41, 5.74) is 10.2. The van der Waals surface area contributed by atoms with Crippen molar-refractivity contribution in [2.24, 2.45) is 0 Å². The standard InChI is InChI=1S/C25H27N5O4/c1-15-6-5-9-17(10-15)18(16-7-3-2-4-8-16)11-33-12-19-21(31)22(32)25(34-19)30-14-29-20-23(26)27-13-28-24(20)30/h2-10,13-14,18-19,21-22,25,31-32H,11-12H2,1H3,(H2,26,27,28)/t18?,19-,21-,22-,25-/m1/s1. The first-order valence-corrected chi connectivity index (χ1v) is 11.2. The van der Waals surface area contributed by atoms with E-state index in [1.165, 1.54) is 18.2 Å². The molecule has 5 rings (SSSR count). The van der Waals surface area contributed by atoms with Gasteiger partial charge in [0.1, 0.15) is 30.2 Å². The van der Waals surface area contributed by atoms with E-state index in [9.17, 15) is 10.2 Å². The Balaban J connectivity index is 1.30. The monoisotopic (exact) mass is 461 g/mol. The summed E-state index contributed by atoms with van der Waals surface area (Å²) < 4.78 is 13.6. The summed E-state index contributed by atoms with van der Waals surface area (Å²) in [4.78, 5) is 12.3. The van der Waals surface area contributed by atoms with Gasteiger partial charge in [0.15, 0.2) is 17.7 Å². The summed E-state index contributed by atoms with van der Waals surface area (Å²) in [6.07, 6.45) is -1.10. The van der Waals surface area contributed by atoms with Crippen LogP contribution in [0.25, 0.3) is 11.2 Å². The second-order valence-electron chi connectivity index (χ2n) is 8.54. The van der Waals surface area contributed by atoms with Crippen LogP contribution in [0.4, 0.5) is 5.82 Å². The lowest BCUT2D eigenvalue weighted by atomic mass is 9.91. The zero-order chi connectivity index (χ0) is 23.7. The van der Waals surface area contributed by atoms with Crippen molar-refractivity contribution in [1.82, 2.24) is 19.5 Å². The summed E-state index contributed by atoms with van der Waals surface area (Å²) in [7, 11) is 0. The second kappa shape index (κ2) is 9.47. The number of nitrogens with zero attached hydrogens (tertiary/aromatic N) is 4. The normalized spacial score (nSPS) is 23.4. The Kier molecular flexibility index (Phi) is 6.25. The molecule has 1 unspecified atom stereocenters. The topological polar surface area (TPSA) is 129 Å². The molecule has 1 aliphatic rings. The maximum absolute atomic E-state index is 10.7. The SMILES string of the molecule is Cc1cccc(C(COC[C@H]2O[C@@H](n3cnc4c(N)ncnc43)[C@H](O)[C@@H]2O)c2ccccc2)c1. The highest BCUT2D eigenvalue weighted by Crippen LogP contribution is 2.33. The van der Waals surface area contributed by atoms with Gasteiger partial charge in [-0.1, -0.05) is 60.2 Å². The van der Waals surface area contributed by atoms with E-state index >= 15 is 0 Å². The molecule has 0 saturated carbocycles. The van der Waals surface area contributed by atoms with Crippen LogP contribution >= 0.6 is 0 Å². The van der Waals surface area contributed by atoms with Crippen LogP contribution in [0.2, 0.25) is 0 Å². The quantitative estimate of drug-likeness (QED) is 0.382. The number of imidazole rings is 1. The number of fused-ring (bicyclic) bond motifs is 1. The van der Waals surface area contributed by atoms with Gasteiger partial charge in [0.25, 0.3) is 0 Å². The first kappa shape index (κ1) is 22.4. The number of nitrogen functional groups attached to an aromatic ring is 1. The van der Waals surface area contributed by atoms with Crippen molar-refractivity contribution in [2.45, 2.75) is 37.4 Å². The number of hydrogen-bond donors (Lipinski definition) is 3. The third-order valence-electron chi connectivity index (χ3n) is 6.21. The molecule has 4 aromatic rings. The van der Waals surface area contributed by atoms with Crippen molar-refractivity contribution in [3.05, 3.63) is 83.9 Å². The van der Waals surface area contributed by atoms with Crippen molar-refractivity contribution in [1.29, 1.82) is 0 Å². The third-order valence-corrected chi connectivity index (χ3v) is 6.21. The lowest BCUT2D eigenvalue weighted by Crippen LogP contribution is -2.34. The number of hydrogen-bond acceptors (Lipinski definition) is 8. The summed E-state index contributed by atoms with van der Waals surface area (Å²) in [6.45, 7) is 2.58. The highest BCUT2D eigenvalue weighted by molar-refractivity contribution is 5.81. The number of ether oxygens (including phenoxy) is 2.